The molecule has 3 fully saturated rings. The van der Waals surface area contributed by atoms with Gasteiger partial charge in [0.05, 0.1) is 0 Å². The van der Waals surface area contributed by atoms with Crippen molar-refractivity contribution in [2.75, 3.05) is 0 Å². The molecule has 4 heteroatoms. The van der Waals surface area contributed by atoms with Gasteiger partial charge in [-0.3, -0.25) is 9.59 Å². The fraction of sp³-hybridized carbons (Fsp3) is 0.684. The van der Waals surface area contributed by atoms with E-state index in [1.807, 2.05) is 0 Å². The van der Waals surface area contributed by atoms with Crippen LogP contribution in [0.3, 0.4) is 0 Å². The topological polar surface area (TPSA) is 60.2 Å². The third kappa shape index (κ3) is 2.12. The molecule has 4 rings (SSSR count). The second-order valence-electron chi connectivity index (χ2n) is 8.26. The number of hydrogen-bond acceptors (Lipinski definition) is 3. The minimum absolute atomic E-state index is 0. The van der Waals surface area contributed by atoms with Crippen molar-refractivity contribution in [3.63, 3.8) is 0 Å². The Hall–Kier alpha value is -0.930. The van der Waals surface area contributed by atoms with E-state index in [0.29, 0.717) is 23.5 Å². The first kappa shape index (κ1) is 16.9. The van der Waals surface area contributed by atoms with Crippen LogP contribution in [0.1, 0.15) is 46.0 Å². The van der Waals surface area contributed by atoms with E-state index in [1.54, 1.807) is 12.2 Å². The largest absolute Gasteiger partial charge is 0.324 e. The molecule has 0 amide bonds. The first-order chi connectivity index (χ1) is 10.4. The zero-order valence-electron chi connectivity index (χ0n) is 13.9. The Morgan fingerprint density at radius 2 is 1.91 bits per heavy atom. The number of carbonyl (C=O) groups is 2. The number of halogens is 1. The lowest BCUT2D eigenvalue weighted by molar-refractivity contribution is -0.131. The Morgan fingerprint density at radius 1 is 1.17 bits per heavy atom. The predicted octanol–water partition coefficient (Wildman–Crippen LogP) is 3.22. The summed E-state index contributed by atoms with van der Waals surface area (Å²) in [5.74, 6) is 2.05. The molecule has 3 saturated carbocycles. The van der Waals surface area contributed by atoms with Gasteiger partial charge in [-0.2, -0.15) is 0 Å². The maximum Gasteiger partial charge on any atom is 0.178 e. The van der Waals surface area contributed by atoms with Crippen molar-refractivity contribution in [3.05, 3.63) is 23.8 Å². The molecular formula is C19H26ClNO2. The van der Waals surface area contributed by atoms with E-state index < -0.39 is 0 Å². The summed E-state index contributed by atoms with van der Waals surface area (Å²) in [5.41, 5.74) is 7.37. The van der Waals surface area contributed by atoms with Crippen molar-refractivity contribution >= 4 is 24.0 Å². The number of rotatable bonds is 0. The van der Waals surface area contributed by atoms with Crippen molar-refractivity contribution < 1.29 is 9.59 Å². The molecule has 0 aromatic heterocycles. The average molecular weight is 336 g/mol. The highest BCUT2D eigenvalue weighted by molar-refractivity contribution is 6.01. The van der Waals surface area contributed by atoms with Gasteiger partial charge in [-0.05, 0) is 61.2 Å². The second-order valence-corrected chi connectivity index (χ2v) is 8.26. The lowest BCUT2D eigenvalue weighted by Crippen LogP contribution is -2.54. The number of allylic oxidation sites excluding steroid dienone is 3. The quantitative estimate of drug-likeness (QED) is 0.739. The monoisotopic (exact) mass is 335 g/mol. The van der Waals surface area contributed by atoms with Gasteiger partial charge in [0.25, 0.3) is 0 Å². The number of hydrogen-bond donors (Lipinski definition) is 1. The van der Waals surface area contributed by atoms with Gasteiger partial charge in [0.1, 0.15) is 5.78 Å². The molecule has 0 spiro atoms. The highest BCUT2D eigenvalue weighted by atomic mass is 35.5. The highest BCUT2D eigenvalue weighted by Gasteiger charge is 2.59. The van der Waals surface area contributed by atoms with Crippen LogP contribution in [-0.4, -0.2) is 17.6 Å². The number of ketones is 2. The molecular weight excluding hydrogens is 310 g/mol. The summed E-state index contributed by atoms with van der Waals surface area (Å²) in [6.07, 6.45) is 10.4. The molecule has 3 nitrogen and oxygen atoms in total. The summed E-state index contributed by atoms with van der Waals surface area (Å²) in [6, 6.07) is -0.0433. The molecule has 0 bridgehead atoms. The maximum absolute atomic E-state index is 12.4. The summed E-state index contributed by atoms with van der Waals surface area (Å²) >= 11 is 0. The van der Waals surface area contributed by atoms with E-state index in [4.69, 9.17) is 5.73 Å². The Kier molecular flexibility index (Phi) is 3.89. The van der Waals surface area contributed by atoms with Crippen LogP contribution in [0.4, 0.5) is 0 Å². The Balaban J connectivity index is 0.00000156. The summed E-state index contributed by atoms with van der Waals surface area (Å²) < 4.78 is 0. The molecule has 0 saturated heterocycles. The lowest BCUT2D eigenvalue weighted by atomic mass is 9.47. The van der Waals surface area contributed by atoms with Crippen molar-refractivity contribution in [1.82, 2.24) is 0 Å². The predicted molar refractivity (Wildman–Crippen MR) is 92.2 cm³/mol. The van der Waals surface area contributed by atoms with Crippen LogP contribution in [0.2, 0.25) is 0 Å². The summed E-state index contributed by atoms with van der Waals surface area (Å²) in [6.45, 7) is 4.43. The van der Waals surface area contributed by atoms with E-state index >= 15 is 0 Å². The Bertz CT molecular complexity index is 625. The Morgan fingerprint density at radius 3 is 2.65 bits per heavy atom. The fourth-order valence-corrected chi connectivity index (χ4v) is 6.10. The van der Waals surface area contributed by atoms with Gasteiger partial charge in [0.15, 0.2) is 5.78 Å². The first-order valence-electron chi connectivity index (χ1n) is 8.60. The van der Waals surface area contributed by atoms with Crippen LogP contribution in [0.25, 0.3) is 0 Å². The fourth-order valence-electron chi connectivity index (χ4n) is 6.10. The minimum Gasteiger partial charge on any atom is -0.324 e. The van der Waals surface area contributed by atoms with E-state index in [-0.39, 0.29) is 35.1 Å². The average Bonchev–Trinajstić information content (AvgIpc) is 2.77. The van der Waals surface area contributed by atoms with Gasteiger partial charge in [-0.1, -0.05) is 19.9 Å². The first-order valence-corrected chi connectivity index (χ1v) is 8.60. The smallest absolute Gasteiger partial charge is 0.178 e. The minimum atomic E-state index is -0.118. The molecule has 0 aromatic carbocycles. The number of nitrogens with two attached hydrogens (primary N) is 1. The van der Waals surface area contributed by atoms with E-state index in [1.165, 1.54) is 0 Å². The van der Waals surface area contributed by atoms with Gasteiger partial charge in [0.2, 0.25) is 0 Å². The van der Waals surface area contributed by atoms with Crippen LogP contribution in [-0.2, 0) is 9.59 Å². The zero-order chi connectivity index (χ0) is 15.7. The molecule has 0 radical (unpaired) electrons. The Labute approximate surface area is 144 Å². The maximum atomic E-state index is 12.4. The van der Waals surface area contributed by atoms with Gasteiger partial charge >= 0.3 is 0 Å². The number of carbonyl (C=O) groups excluding carboxylic acids is 2. The van der Waals surface area contributed by atoms with Gasteiger partial charge < -0.3 is 5.73 Å². The third-order valence-electron chi connectivity index (χ3n) is 7.36. The molecule has 23 heavy (non-hydrogen) atoms. The summed E-state index contributed by atoms with van der Waals surface area (Å²) in [7, 11) is 0. The molecule has 0 aliphatic heterocycles. The van der Waals surface area contributed by atoms with Gasteiger partial charge in [-0.15, -0.1) is 12.4 Å². The molecule has 0 unspecified atom stereocenters. The summed E-state index contributed by atoms with van der Waals surface area (Å²) in [4.78, 5) is 24.2. The zero-order valence-corrected chi connectivity index (χ0v) is 14.7. The van der Waals surface area contributed by atoms with Crippen LogP contribution < -0.4 is 5.73 Å². The second kappa shape index (κ2) is 5.29. The molecule has 0 heterocycles. The van der Waals surface area contributed by atoms with Crippen LogP contribution >= 0.6 is 12.4 Å². The normalized spacial score (nSPS) is 48.0. The van der Waals surface area contributed by atoms with Crippen molar-refractivity contribution in [1.29, 1.82) is 0 Å². The standard InChI is InChI=1S/C19H25NO2.ClH/c1-18-7-5-11(21)9-15(18)16(20)10-12-13-3-4-17(22)19(13,2)8-6-14(12)18;/h5,7,9,12-14,16H,3-4,6,8,10,20H2,1-2H3;1H/t12-,13-,14-,16-,18+,19-;/m0./s1. The molecule has 4 aliphatic rings. The van der Waals surface area contributed by atoms with Crippen LogP contribution in [0, 0.1) is 28.6 Å². The molecule has 0 aromatic rings. The SMILES string of the molecule is C[C@]12C=CC(=O)C=C1[C@@H](N)C[C@@H]1[C@@H]2CC[C@]2(C)C(=O)CC[C@@H]12.Cl. The van der Waals surface area contributed by atoms with Crippen LogP contribution in [0.5, 0.6) is 0 Å². The molecule has 4 aliphatic carbocycles. The molecule has 2 N–H and O–H groups in total. The van der Waals surface area contributed by atoms with Gasteiger partial charge in [0, 0.05) is 23.3 Å². The third-order valence-corrected chi connectivity index (χ3v) is 7.36. The number of fused-ring (bicyclic) bond motifs is 5. The number of Topliss-reactive ketones (excluding diaryl/α,β-unsaturated/α-hetero) is 1. The molecule has 126 valence electrons. The lowest BCUT2D eigenvalue weighted by Gasteiger charge is -2.57. The van der Waals surface area contributed by atoms with Crippen molar-refractivity contribution in [2.45, 2.75) is 52.0 Å². The summed E-state index contributed by atoms with van der Waals surface area (Å²) in [5, 5.41) is 0. The van der Waals surface area contributed by atoms with Crippen LogP contribution in [0.15, 0.2) is 23.8 Å². The molecule has 6 atom stereocenters. The van der Waals surface area contributed by atoms with Gasteiger partial charge in [-0.25, -0.2) is 0 Å². The van der Waals surface area contributed by atoms with E-state index in [0.717, 1.165) is 37.7 Å². The van der Waals surface area contributed by atoms with E-state index in [2.05, 4.69) is 19.9 Å². The van der Waals surface area contributed by atoms with E-state index in [9.17, 15) is 9.59 Å². The van der Waals surface area contributed by atoms with Crippen molar-refractivity contribution in [2.24, 2.45) is 34.3 Å². The highest BCUT2D eigenvalue weighted by Crippen LogP contribution is 2.63. The van der Waals surface area contributed by atoms with Crippen molar-refractivity contribution in [3.8, 4) is 0 Å².